The van der Waals surface area contributed by atoms with Gasteiger partial charge < -0.3 is 9.47 Å². The molecule has 0 amide bonds. The van der Waals surface area contributed by atoms with E-state index in [-0.39, 0.29) is 6.04 Å². The van der Waals surface area contributed by atoms with E-state index in [1.54, 1.807) is 7.11 Å². The SMILES string of the molecule is CCCO/C(=N/C(C)CC)OC. The molecule has 3 heteroatoms. The van der Waals surface area contributed by atoms with Crippen LogP contribution in [0.15, 0.2) is 4.99 Å². The lowest BCUT2D eigenvalue weighted by Gasteiger charge is -2.08. The molecule has 0 spiro atoms. The van der Waals surface area contributed by atoms with Crippen molar-refractivity contribution >= 4 is 6.08 Å². The molecule has 3 nitrogen and oxygen atoms in total. The van der Waals surface area contributed by atoms with E-state index in [4.69, 9.17) is 9.47 Å². The highest BCUT2D eigenvalue weighted by atomic mass is 16.7. The Balaban J connectivity index is 3.85. The Morgan fingerprint density at radius 3 is 2.50 bits per heavy atom. The maximum absolute atomic E-state index is 5.24. The molecule has 0 saturated heterocycles. The topological polar surface area (TPSA) is 30.8 Å². The second-order valence-corrected chi connectivity index (χ2v) is 2.70. The molecule has 0 bridgehead atoms. The van der Waals surface area contributed by atoms with Gasteiger partial charge in [-0.3, -0.25) is 0 Å². The summed E-state index contributed by atoms with van der Waals surface area (Å²) in [6, 6.07) is 0.275. The Hall–Kier alpha value is -0.730. The minimum Gasteiger partial charge on any atom is -0.454 e. The number of rotatable bonds is 4. The first-order chi connectivity index (χ1) is 5.74. The van der Waals surface area contributed by atoms with Crippen LogP contribution in [0.4, 0.5) is 0 Å². The number of nitrogens with zero attached hydrogens (tertiary/aromatic N) is 1. The van der Waals surface area contributed by atoms with Gasteiger partial charge in [-0.2, -0.15) is 0 Å². The van der Waals surface area contributed by atoms with Crippen LogP contribution < -0.4 is 0 Å². The summed E-state index contributed by atoms with van der Waals surface area (Å²) in [6.07, 6.45) is 2.39. The molecule has 0 aliphatic rings. The molecule has 12 heavy (non-hydrogen) atoms. The van der Waals surface area contributed by atoms with Gasteiger partial charge in [0.15, 0.2) is 0 Å². The molecule has 0 heterocycles. The van der Waals surface area contributed by atoms with Gasteiger partial charge in [0.25, 0.3) is 0 Å². The first kappa shape index (κ1) is 11.3. The fraction of sp³-hybridized carbons (Fsp3) is 0.889. The van der Waals surface area contributed by atoms with Crippen LogP contribution in [-0.2, 0) is 9.47 Å². The number of aliphatic imine (C=N–C) groups is 1. The normalized spacial score (nSPS) is 14.2. The summed E-state index contributed by atoms with van der Waals surface area (Å²) in [5.74, 6) is 0. The average molecular weight is 173 g/mol. The summed E-state index contributed by atoms with van der Waals surface area (Å²) in [7, 11) is 1.58. The zero-order valence-electron chi connectivity index (χ0n) is 8.46. The summed E-state index contributed by atoms with van der Waals surface area (Å²) < 4.78 is 10.2. The minimum absolute atomic E-state index is 0.275. The third-order valence-electron chi connectivity index (χ3n) is 1.52. The van der Waals surface area contributed by atoms with Crippen molar-refractivity contribution in [3.8, 4) is 0 Å². The summed E-state index contributed by atoms with van der Waals surface area (Å²) in [5.41, 5.74) is 0. The fourth-order valence-corrected chi connectivity index (χ4v) is 0.610. The van der Waals surface area contributed by atoms with E-state index >= 15 is 0 Å². The summed E-state index contributed by atoms with van der Waals surface area (Å²) in [4.78, 5) is 4.22. The summed E-state index contributed by atoms with van der Waals surface area (Å²) in [5, 5.41) is 0. The first-order valence-electron chi connectivity index (χ1n) is 4.49. The van der Waals surface area contributed by atoms with E-state index in [9.17, 15) is 0 Å². The standard InChI is InChI=1S/C9H19NO2/c1-5-7-12-9(11-4)10-8(3)6-2/h8H,5-7H2,1-4H3/b10-9+. The Labute approximate surface area is 74.8 Å². The van der Waals surface area contributed by atoms with Crippen molar-refractivity contribution in [2.45, 2.75) is 39.7 Å². The van der Waals surface area contributed by atoms with Gasteiger partial charge in [0.2, 0.25) is 0 Å². The van der Waals surface area contributed by atoms with Gasteiger partial charge in [-0.25, -0.2) is 4.99 Å². The van der Waals surface area contributed by atoms with Crippen molar-refractivity contribution < 1.29 is 9.47 Å². The number of methoxy groups -OCH3 is 1. The molecule has 72 valence electrons. The van der Waals surface area contributed by atoms with Crippen LogP contribution >= 0.6 is 0 Å². The van der Waals surface area contributed by atoms with E-state index in [0.717, 1.165) is 12.8 Å². The van der Waals surface area contributed by atoms with Crippen LogP contribution in [0.2, 0.25) is 0 Å². The summed E-state index contributed by atoms with van der Waals surface area (Å²) >= 11 is 0. The maximum atomic E-state index is 5.24. The zero-order valence-corrected chi connectivity index (χ0v) is 8.46. The predicted molar refractivity (Wildman–Crippen MR) is 50.4 cm³/mol. The monoisotopic (exact) mass is 173 g/mol. The molecule has 0 radical (unpaired) electrons. The Kier molecular flexibility index (Phi) is 6.53. The van der Waals surface area contributed by atoms with Gasteiger partial charge in [-0.15, -0.1) is 0 Å². The van der Waals surface area contributed by atoms with Crippen LogP contribution in [0.5, 0.6) is 0 Å². The summed E-state index contributed by atoms with van der Waals surface area (Å²) in [6.45, 7) is 6.84. The maximum Gasteiger partial charge on any atom is 0.383 e. The van der Waals surface area contributed by atoms with Crippen LogP contribution in [0.1, 0.15) is 33.6 Å². The highest BCUT2D eigenvalue weighted by Gasteiger charge is 2.01. The molecule has 0 aliphatic carbocycles. The molecular formula is C9H19NO2. The second kappa shape index (κ2) is 6.95. The Morgan fingerprint density at radius 2 is 2.08 bits per heavy atom. The molecular weight excluding hydrogens is 154 g/mol. The highest BCUT2D eigenvalue weighted by molar-refractivity contribution is 5.66. The molecule has 0 saturated carbocycles. The number of ether oxygens (including phenoxy) is 2. The van der Waals surface area contributed by atoms with Gasteiger partial charge >= 0.3 is 6.08 Å². The van der Waals surface area contributed by atoms with Crippen LogP contribution in [0, 0.1) is 0 Å². The van der Waals surface area contributed by atoms with Crippen molar-refractivity contribution in [2.75, 3.05) is 13.7 Å². The molecule has 1 unspecified atom stereocenters. The number of hydrogen-bond acceptors (Lipinski definition) is 3. The molecule has 0 fully saturated rings. The predicted octanol–water partition coefficient (Wildman–Crippen LogP) is 2.21. The van der Waals surface area contributed by atoms with Crippen molar-refractivity contribution in [1.29, 1.82) is 0 Å². The quantitative estimate of drug-likeness (QED) is 0.482. The Bertz CT molecular complexity index is 134. The second-order valence-electron chi connectivity index (χ2n) is 2.70. The van der Waals surface area contributed by atoms with Gasteiger partial charge in [0.05, 0.1) is 19.8 Å². The minimum atomic E-state index is 0.275. The highest BCUT2D eigenvalue weighted by Crippen LogP contribution is 1.97. The van der Waals surface area contributed by atoms with Gasteiger partial charge in [-0.05, 0) is 19.8 Å². The smallest absolute Gasteiger partial charge is 0.383 e. The zero-order chi connectivity index (χ0) is 9.40. The van der Waals surface area contributed by atoms with Crippen molar-refractivity contribution in [2.24, 2.45) is 4.99 Å². The number of hydrogen-bond donors (Lipinski definition) is 0. The lowest BCUT2D eigenvalue weighted by atomic mass is 10.3. The molecule has 0 aliphatic heterocycles. The van der Waals surface area contributed by atoms with E-state index in [1.807, 2.05) is 6.92 Å². The van der Waals surface area contributed by atoms with Crippen molar-refractivity contribution in [3.63, 3.8) is 0 Å². The van der Waals surface area contributed by atoms with Gasteiger partial charge in [-0.1, -0.05) is 13.8 Å². The van der Waals surface area contributed by atoms with E-state index in [1.165, 1.54) is 0 Å². The van der Waals surface area contributed by atoms with E-state index in [2.05, 4.69) is 18.8 Å². The molecule has 1 atom stereocenters. The van der Waals surface area contributed by atoms with Gasteiger partial charge in [0, 0.05) is 0 Å². The van der Waals surface area contributed by atoms with Crippen LogP contribution in [0.25, 0.3) is 0 Å². The third kappa shape index (κ3) is 4.99. The van der Waals surface area contributed by atoms with E-state index in [0.29, 0.717) is 12.7 Å². The lowest BCUT2D eigenvalue weighted by Crippen LogP contribution is -2.11. The molecule has 0 aromatic carbocycles. The van der Waals surface area contributed by atoms with Crippen molar-refractivity contribution in [3.05, 3.63) is 0 Å². The molecule has 0 rings (SSSR count). The van der Waals surface area contributed by atoms with E-state index < -0.39 is 0 Å². The molecule has 0 N–H and O–H groups in total. The molecule has 0 aromatic heterocycles. The molecule has 0 aromatic rings. The average Bonchev–Trinajstić information content (AvgIpc) is 2.11. The fourth-order valence-electron chi connectivity index (χ4n) is 0.610. The van der Waals surface area contributed by atoms with Gasteiger partial charge in [0.1, 0.15) is 0 Å². The Morgan fingerprint density at radius 1 is 1.42 bits per heavy atom. The van der Waals surface area contributed by atoms with Crippen LogP contribution in [-0.4, -0.2) is 25.8 Å². The van der Waals surface area contributed by atoms with Crippen molar-refractivity contribution in [1.82, 2.24) is 0 Å². The first-order valence-corrected chi connectivity index (χ1v) is 4.49. The lowest BCUT2D eigenvalue weighted by molar-refractivity contribution is 0.194. The largest absolute Gasteiger partial charge is 0.454 e. The third-order valence-corrected chi connectivity index (χ3v) is 1.52. The van der Waals surface area contributed by atoms with Crippen LogP contribution in [0.3, 0.4) is 0 Å².